The minimum absolute atomic E-state index is 0.0938. The molecule has 1 atom stereocenters. The number of primary amides is 1. The van der Waals surface area contributed by atoms with E-state index in [9.17, 15) is 9.18 Å². The van der Waals surface area contributed by atoms with E-state index in [4.69, 9.17) is 5.73 Å². The molecule has 1 heterocycles. The Hall–Kier alpha value is -1.72. The third-order valence-corrected chi connectivity index (χ3v) is 1.85. The van der Waals surface area contributed by atoms with Gasteiger partial charge in [0.1, 0.15) is 6.33 Å². The van der Waals surface area contributed by atoms with Gasteiger partial charge in [0, 0.05) is 12.5 Å². The molecule has 82 valence electrons. The fourth-order valence-corrected chi connectivity index (χ4v) is 1.14. The van der Waals surface area contributed by atoms with E-state index in [1.807, 2.05) is 0 Å². The molecule has 0 spiro atoms. The number of anilines is 1. The number of nitrogens with two attached hydrogens (primary N) is 1. The maximum Gasteiger partial charge on any atom is 0.219 e. The zero-order valence-corrected chi connectivity index (χ0v) is 8.62. The molecule has 1 aromatic rings. The summed E-state index contributed by atoms with van der Waals surface area (Å²) in [4.78, 5) is 18.0. The van der Waals surface area contributed by atoms with Gasteiger partial charge in [0.2, 0.25) is 5.91 Å². The molecular weight excluding hydrogens is 199 g/mol. The molecule has 1 amide bonds. The molecule has 15 heavy (non-hydrogen) atoms. The van der Waals surface area contributed by atoms with E-state index in [2.05, 4.69) is 15.3 Å². The average Bonchev–Trinajstić information content (AvgIpc) is 2.11. The molecule has 0 aliphatic rings. The molecule has 0 bridgehead atoms. The van der Waals surface area contributed by atoms with Crippen molar-refractivity contribution in [3.05, 3.63) is 17.8 Å². The molecule has 6 heteroatoms. The highest BCUT2D eigenvalue weighted by molar-refractivity contribution is 5.74. The first-order chi connectivity index (χ1) is 7.00. The van der Waals surface area contributed by atoms with Crippen molar-refractivity contribution in [2.75, 3.05) is 5.32 Å². The topological polar surface area (TPSA) is 80.9 Å². The predicted molar refractivity (Wildman–Crippen MR) is 53.6 cm³/mol. The molecule has 0 aliphatic carbocycles. The van der Waals surface area contributed by atoms with Gasteiger partial charge >= 0.3 is 0 Å². The van der Waals surface area contributed by atoms with Gasteiger partial charge < -0.3 is 11.1 Å². The van der Waals surface area contributed by atoms with E-state index in [0.717, 1.165) is 0 Å². The van der Waals surface area contributed by atoms with Crippen LogP contribution in [0, 0.1) is 12.7 Å². The van der Waals surface area contributed by atoms with Crippen molar-refractivity contribution in [1.29, 1.82) is 0 Å². The lowest BCUT2D eigenvalue weighted by Gasteiger charge is -2.13. The Morgan fingerprint density at radius 1 is 1.67 bits per heavy atom. The van der Waals surface area contributed by atoms with Gasteiger partial charge in [0.05, 0.1) is 5.69 Å². The van der Waals surface area contributed by atoms with E-state index in [1.165, 1.54) is 6.33 Å². The third kappa shape index (κ3) is 3.16. The number of aryl methyl sites for hydroxylation is 1. The van der Waals surface area contributed by atoms with Crippen molar-refractivity contribution in [2.45, 2.75) is 26.3 Å². The Bertz CT molecular complexity index is 369. The lowest BCUT2D eigenvalue weighted by atomic mass is 10.2. The summed E-state index contributed by atoms with van der Waals surface area (Å²) in [7, 11) is 0. The highest BCUT2D eigenvalue weighted by Crippen LogP contribution is 2.13. The minimum atomic E-state index is -0.506. The van der Waals surface area contributed by atoms with Crippen molar-refractivity contribution >= 4 is 11.7 Å². The third-order valence-electron chi connectivity index (χ3n) is 1.85. The highest BCUT2D eigenvalue weighted by atomic mass is 19.1. The van der Waals surface area contributed by atoms with Gasteiger partial charge in [0.25, 0.3) is 0 Å². The van der Waals surface area contributed by atoms with Crippen LogP contribution in [0.15, 0.2) is 6.33 Å². The molecule has 0 saturated carbocycles. The first-order valence-corrected chi connectivity index (χ1v) is 4.52. The van der Waals surface area contributed by atoms with Gasteiger partial charge in [-0.2, -0.15) is 0 Å². The summed E-state index contributed by atoms with van der Waals surface area (Å²) in [5, 5.41) is 2.76. The van der Waals surface area contributed by atoms with Crippen molar-refractivity contribution < 1.29 is 9.18 Å². The SMILES string of the molecule is Cc1ncnc(NC(C)CC(N)=O)c1F. The van der Waals surface area contributed by atoms with Gasteiger partial charge in [-0.15, -0.1) is 0 Å². The number of nitrogens with zero attached hydrogens (tertiary/aromatic N) is 2. The van der Waals surface area contributed by atoms with Gasteiger partial charge in [-0.05, 0) is 13.8 Å². The van der Waals surface area contributed by atoms with Crippen LogP contribution in [0.1, 0.15) is 19.0 Å². The normalized spacial score (nSPS) is 12.2. The Morgan fingerprint density at radius 2 is 2.33 bits per heavy atom. The Balaban J connectivity index is 2.72. The zero-order valence-electron chi connectivity index (χ0n) is 8.62. The second-order valence-electron chi connectivity index (χ2n) is 3.34. The Kier molecular flexibility index (Phi) is 3.54. The fraction of sp³-hybridized carbons (Fsp3) is 0.444. The molecule has 0 radical (unpaired) electrons. The van der Waals surface area contributed by atoms with Crippen molar-refractivity contribution in [1.82, 2.24) is 9.97 Å². The first kappa shape index (κ1) is 11.4. The van der Waals surface area contributed by atoms with Gasteiger partial charge in [0.15, 0.2) is 11.6 Å². The average molecular weight is 212 g/mol. The molecule has 1 rings (SSSR count). The van der Waals surface area contributed by atoms with Gasteiger partial charge in [-0.1, -0.05) is 0 Å². The lowest BCUT2D eigenvalue weighted by Crippen LogP contribution is -2.25. The molecular formula is C9H13FN4O. The van der Waals surface area contributed by atoms with Gasteiger partial charge in [-0.25, -0.2) is 14.4 Å². The maximum atomic E-state index is 13.4. The lowest BCUT2D eigenvalue weighted by molar-refractivity contribution is -0.118. The second kappa shape index (κ2) is 4.68. The summed E-state index contributed by atoms with van der Waals surface area (Å²) in [5.74, 6) is -0.855. The van der Waals surface area contributed by atoms with Crippen LogP contribution in [-0.4, -0.2) is 21.9 Å². The van der Waals surface area contributed by atoms with Crippen molar-refractivity contribution in [3.63, 3.8) is 0 Å². The van der Waals surface area contributed by atoms with Crippen LogP contribution in [0.4, 0.5) is 10.2 Å². The van der Waals surface area contributed by atoms with Crippen LogP contribution in [-0.2, 0) is 4.79 Å². The molecule has 0 aromatic carbocycles. The van der Waals surface area contributed by atoms with E-state index >= 15 is 0 Å². The van der Waals surface area contributed by atoms with Crippen molar-refractivity contribution in [3.8, 4) is 0 Å². The van der Waals surface area contributed by atoms with Crippen molar-refractivity contribution in [2.24, 2.45) is 5.73 Å². The zero-order chi connectivity index (χ0) is 11.4. The number of nitrogens with one attached hydrogen (secondary N) is 1. The number of carbonyl (C=O) groups is 1. The first-order valence-electron chi connectivity index (χ1n) is 4.52. The van der Waals surface area contributed by atoms with Crippen LogP contribution in [0.3, 0.4) is 0 Å². The standard InChI is InChI=1S/C9H13FN4O/c1-5(3-7(11)15)14-9-8(10)6(2)12-4-13-9/h4-5H,3H2,1-2H3,(H2,11,15)(H,12,13,14). The molecule has 5 nitrogen and oxygen atoms in total. The van der Waals surface area contributed by atoms with Gasteiger partial charge in [-0.3, -0.25) is 4.79 Å². The number of halogens is 1. The monoisotopic (exact) mass is 212 g/mol. The van der Waals surface area contributed by atoms with E-state index in [1.54, 1.807) is 13.8 Å². The largest absolute Gasteiger partial charge is 0.370 e. The summed E-state index contributed by atoms with van der Waals surface area (Å²) in [6, 6.07) is -0.258. The quantitative estimate of drug-likeness (QED) is 0.765. The summed E-state index contributed by atoms with van der Waals surface area (Å²) < 4.78 is 13.4. The molecule has 0 aliphatic heterocycles. The van der Waals surface area contributed by atoms with Crippen LogP contribution < -0.4 is 11.1 Å². The fourth-order valence-electron chi connectivity index (χ4n) is 1.14. The Morgan fingerprint density at radius 3 is 2.93 bits per heavy atom. The number of amides is 1. The maximum absolute atomic E-state index is 13.4. The number of aromatic nitrogens is 2. The Labute approximate surface area is 86.9 Å². The number of hydrogen-bond acceptors (Lipinski definition) is 4. The molecule has 3 N–H and O–H groups in total. The van der Waals surface area contributed by atoms with Crippen LogP contribution in [0.25, 0.3) is 0 Å². The van der Waals surface area contributed by atoms with Crippen LogP contribution in [0.2, 0.25) is 0 Å². The summed E-state index contributed by atoms with van der Waals surface area (Å²) in [6.07, 6.45) is 1.39. The van der Waals surface area contributed by atoms with Crippen LogP contribution in [0.5, 0.6) is 0 Å². The molecule has 0 fully saturated rings. The molecule has 1 aromatic heterocycles. The highest BCUT2D eigenvalue weighted by Gasteiger charge is 2.11. The molecule has 0 saturated heterocycles. The van der Waals surface area contributed by atoms with E-state index in [-0.39, 0.29) is 24.0 Å². The minimum Gasteiger partial charge on any atom is -0.370 e. The van der Waals surface area contributed by atoms with E-state index in [0.29, 0.717) is 0 Å². The second-order valence-corrected chi connectivity index (χ2v) is 3.34. The van der Waals surface area contributed by atoms with Crippen LogP contribution >= 0.6 is 0 Å². The summed E-state index contributed by atoms with van der Waals surface area (Å²) in [6.45, 7) is 3.27. The predicted octanol–water partition coefficient (Wildman–Crippen LogP) is 0.600. The number of carbonyl (C=O) groups excluding carboxylic acids is 1. The smallest absolute Gasteiger partial charge is 0.219 e. The number of rotatable bonds is 4. The number of hydrogen-bond donors (Lipinski definition) is 2. The molecule has 1 unspecified atom stereocenters. The summed E-state index contributed by atoms with van der Waals surface area (Å²) >= 11 is 0. The summed E-state index contributed by atoms with van der Waals surface area (Å²) in [5.41, 5.74) is 5.27. The van der Waals surface area contributed by atoms with E-state index < -0.39 is 11.7 Å².